The molecule has 0 saturated heterocycles. The number of hydrogen-bond acceptors (Lipinski definition) is 2. The van der Waals surface area contributed by atoms with Gasteiger partial charge in [0.25, 0.3) is 0 Å². The number of hydrogen-bond donors (Lipinski definition) is 2. The van der Waals surface area contributed by atoms with Crippen LogP contribution in [0.2, 0.25) is 0 Å². The fraction of sp³-hybridized carbons (Fsp3) is 1.00. The van der Waals surface area contributed by atoms with Crippen LogP contribution in [0.25, 0.3) is 0 Å². The van der Waals surface area contributed by atoms with E-state index in [-0.39, 0.29) is 72.8 Å². The normalized spacial score (nSPS) is 6.00. The van der Waals surface area contributed by atoms with Crippen molar-refractivity contribution < 1.29 is 69.8 Å². The molecule has 0 saturated carbocycles. The molecule has 0 atom stereocenters. The maximum absolute atomic E-state index is 7.62. The van der Waals surface area contributed by atoms with Gasteiger partial charge in [-0.3, -0.25) is 0 Å². The smallest absolute Gasteiger partial charge is 1.00 e. The average Bonchev–Trinajstić information content (AvgIpc) is 1.37. The molecule has 0 amide bonds. The molecular weight excluding hydrogens is 141 g/mol. The van der Waals surface area contributed by atoms with Crippen molar-refractivity contribution in [2.45, 2.75) is 0 Å². The third kappa shape index (κ3) is 10.7. The molecule has 0 bridgehead atoms. The molecule has 0 rings (SSSR count). The van der Waals surface area contributed by atoms with Crippen LogP contribution in [0.1, 0.15) is 1.43 Å². The summed E-state index contributed by atoms with van der Waals surface area (Å²) in [4.78, 5) is 0. The zero-order valence-corrected chi connectivity index (χ0v) is 8.22. The second-order valence-electron chi connectivity index (χ2n) is 0.447. The molecule has 0 fully saturated rings. The molecule has 0 aromatic rings. The average molecular weight is 149 g/mol. The summed E-state index contributed by atoms with van der Waals surface area (Å²) in [5.41, 5.74) is 0. The molecule has 0 aromatic carbocycles. The number of rotatable bonds is 1. The van der Waals surface area contributed by atoms with Crippen LogP contribution in [0.4, 0.5) is 0 Å². The zero-order valence-electron chi connectivity index (χ0n) is 4.31. The fourth-order valence-corrected chi connectivity index (χ4v) is 0. The van der Waals surface area contributed by atoms with Gasteiger partial charge >= 0.3 is 58.2 Å². The molecule has 3 heteroatoms. The first-order valence-electron chi connectivity index (χ1n) is 1.13. The summed E-state index contributed by atoms with van der Waals surface area (Å²) in [6.45, 7) is -0.250. The van der Waals surface area contributed by atoms with E-state index in [0.29, 0.717) is 0 Å². The van der Waals surface area contributed by atoms with E-state index in [4.69, 9.17) is 10.2 Å². The topological polar surface area (TPSA) is 40.5 Å². The standard InChI is InChI=1S/C2H6O2.Rb.H/c3-1-2-4;;/h3-4H,1-2H2;;/q;+1;-1. The van der Waals surface area contributed by atoms with Crippen molar-refractivity contribution in [1.82, 2.24) is 0 Å². The Bertz CT molecular complexity index is 13.5. The Kier molecular flexibility index (Phi) is 18.2. The van der Waals surface area contributed by atoms with Gasteiger partial charge in [-0.1, -0.05) is 0 Å². The molecule has 0 aliphatic carbocycles. The first kappa shape index (κ1) is 9.87. The summed E-state index contributed by atoms with van der Waals surface area (Å²) in [5.74, 6) is 0. The van der Waals surface area contributed by atoms with E-state index in [2.05, 4.69) is 0 Å². The van der Waals surface area contributed by atoms with Crippen molar-refractivity contribution in [2.24, 2.45) is 0 Å². The largest absolute Gasteiger partial charge is 1.00 e. The Morgan fingerprint density at radius 3 is 1.40 bits per heavy atom. The SMILES string of the molecule is OCCO.[H-].[Rb+]. The van der Waals surface area contributed by atoms with Crippen LogP contribution >= 0.6 is 0 Å². The summed E-state index contributed by atoms with van der Waals surface area (Å²) in [6.07, 6.45) is 0. The maximum atomic E-state index is 7.62. The third-order valence-corrected chi connectivity index (χ3v) is 0.1000. The van der Waals surface area contributed by atoms with E-state index in [0.717, 1.165) is 0 Å². The van der Waals surface area contributed by atoms with E-state index in [9.17, 15) is 0 Å². The molecule has 5 heavy (non-hydrogen) atoms. The second-order valence-corrected chi connectivity index (χ2v) is 0.447. The minimum Gasteiger partial charge on any atom is -1.00 e. The van der Waals surface area contributed by atoms with Gasteiger partial charge in [0.2, 0.25) is 0 Å². The van der Waals surface area contributed by atoms with Gasteiger partial charge in [-0.2, -0.15) is 0 Å². The van der Waals surface area contributed by atoms with Gasteiger partial charge in [0.15, 0.2) is 0 Å². The molecule has 0 radical (unpaired) electrons. The van der Waals surface area contributed by atoms with Crippen LogP contribution in [0.15, 0.2) is 0 Å². The van der Waals surface area contributed by atoms with Crippen molar-refractivity contribution in [3.05, 3.63) is 0 Å². The third-order valence-electron chi connectivity index (χ3n) is 0.1000. The first-order valence-corrected chi connectivity index (χ1v) is 1.13. The first-order chi connectivity index (χ1) is 1.91. The maximum Gasteiger partial charge on any atom is 1.00 e. The van der Waals surface area contributed by atoms with Gasteiger partial charge in [0.05, 0.1) is 13.2 Å². The van der Waals surface area contributed by atoms with E-state index >= 15 is 0 Å². The summed E-state index contributed by atoms with van der Waals surface area (Å²) < 4.78 is 0. The van der Waals surface area contributed by atoms with Gasteiger partial charge in [-0.15, -0.1) is 0 Å². The monoisotopic (exact) mass is 148 g/mol. The molecule has 2 N–H and O–H groups in total. The molecule has 0 unspecified atom stereocenters. The molecule has 0 aliphatic heterocycles. The minimum atomic E-state index is -0.125. The molecule has 2 nitrogen and oxygen atoms in total. The fourth-order valence-electron chi connectivity index (χ4n) is 0. The summed E-state index contributed by atoms with van der Waals surface area (Å²) in [6, 6.07) is 0. The van der Waals surface area contributed by atoms with Crippen LogP contribution in [0.5, 0.6) is 0 Å². The molecule has 0 heterocycles. The van der Waals surface area contributed by atoms with Gasteiger partial charge < -0.3 is 11.6 Å². The Morgan fingerprint density at radius 2 is 1.40 bits per heavy atom. The van der Waals surface area contributed by atoms with Crippen LogP contribution in [0, 0.1) is 0 Å². The summed E-state index contributed by atoms with van der Waals surface area (Å²) in [7, 11) is 0. The van der Waals surface area contributed by atoms with Crippen molar-refractivity contribution in [3.8, 4) is 0 Å². The van der Waals surface area contributed by atoms with Gasteiger partial charge in [0, 0.05) is 0 Å². The van der Waals surface area contributed by atoms with Crippen molar-refractivity contribution in [2.75, 3.05) is 13.2 Å². The molecule has 28 valence electrons. The van der Waals surface area contributed by atoms with E-state index in [1.165, 1.54) is 0 Å². The van der Waals surface area contributed by atoms with Gasteiger partial charge in [-0.05, 0) is 0 Å². The van der Waals surface area contributed by atoms with Crippen LogP contribution in [-0.2, 0) is 0 Å². The molecule has 0 aromatic heterocycles. The van der Waals surface area contributed by atoms with E-state index in [1.54, 1.807) is 0 Å². The predicted octanol–water partition coefficient (Wildman–Crippen LogP) is -3.91. The Morgan fingerprint density at radius 1 is 1.20 bits per heavy atom. The van der Waals surface area contributed by atoms with E-state index < -0.39 is 0 Å². The predicted molar refractivity (Wildman–Crippen MR) is 15.3 cm³/mol. The minimum absolute atomic E-state index is 0. The quantitative estimate of drug-likeness (QED) is 0.399. The zero-order chi connectivity index (χ0) is 3.41. The molecule has 0 aliphatic rings. The van der Waals surface area contributed by atoms with Crippen molar-refractivity contribution in [3.63, 3.8) is 0 Å². The molecular formula is C2H7O2Rb. The Balaban J connectivity index is -0.0000000450. The molecule has 0 spiro atoms. The Hall–Kier alpha value is 1.73. The Labute approximate surface area is 81.5 Å². The summed E-state index contributed by atoms with van der Waals surface area (Å²) in [5, 5.41) is 15.2. The van der Waals surface area contributed by atoms with Gasteiger partial charge in [0.1, 0.15) is 0 Å². The van der Waals surface area contributed by atoms with Crippen LogP contribution in [-0.4, -0.2) is 23.4 Å². The van der Waals surface area contributed by atoms with Crippen molar-refractivity contribution in [1.29, 1.82) is 0 Å². The van der Waals surface area contributed by atoms with Gasteiger partial charge in [-0.25, -0.2) is 0 Å². The summed E-state index contributed by atoms with van der Waals surface area (Å²) >= 11 is 0. The van der Waals surface area contributed by atoms with Crippen LogP contribution < -0.4 is 58.2 Å². The second kappa shape index (κ2) is 9.21. The van der Waals surface area contributed by atoms with E-state index in [1.807, 2.05) is 0 Å². The number of aliphatic hydroxyl groups is 2. The number of aliphatic hydroxyl groups excluding tert-OH is 2. The van der Waals surface area contributed by atoms with Crippen LogP contribution in [0.3, 0.4) is 0 Å². The van der Waals surface area contributed by atoms with Crippen molar-refractivity contribution >= 4 is 0 Å².